The van der Waals surface area contributed by atoms with Crippen LogP contribution in [0.25, 0.3) is 17.0 Å². The number of nitrogens with zero attached hydrogens (tertiary/aromatic N) is 4. The van der Waals surface area contributed by atoms with Gasteiger partial charge in [-0.05, 0) is 56.7 Å². The average Bonchev–Trinajstić information content (AvgIpc) is 3.67. The maximum atomic E-state index is 13.9. The second-order valence-corrected chi connectivity index (χ2v) is 12.2. The maximum Gasteiger partial charge on any atom is 0.338 e. The Balaban J connectivity index is 1.45. The van der Waals surface area contributed by atoms with Crippen molar-refractivity contribution in [2.75, 3.05) is 13.7 Å². The molecular weight excluding hydrogens is 544 g/mol. The highest BCUT2D eigenvalue weighted by molar-refractivity contribution is 7.10. The molecule has 2 aliphatic rings. The summed E-state index contributed by atoms with van der Waals surface area (Å²) in [5.74, 6) is -0.384. The van der Waals surface area contributed by atoms with Gasteiger partial charge in [-0.2, -0.15) is 0 Å². The van der Waals surface area contributed by atoms with Crippen LogP contribution in [0.1, 0.15) is 49.6 Å². The minimum atomic E-state index is -0.601. The molecule has 2 atom stereocenters. The third-order valence-electron chi connectivity index (χ3n) is 7.77. The summed E-state index contributed by atoms with van der Waals surface area (Å²) < 4.78 is 9.17. The molecule has 0 aliphatic carbocycles. The molecule has 0 radical (unpaired) electrons. The van der Waals surface area contributed by atoms with Gasteiger partial charge in [0.2, 0.25) is 5.91 Å². The third-order valence-corrected chi connectivity index (χ3v) is 9.68. The number of ether oxygens (including phenoxy) is 1. The standard InChI is InChI=1S/C30H30N4O4S2/c1-18-9-6-7-13-33(18)25(35)17-32-16-20(21-10-4-5-11-22(21)32)15-24-28(36)34-27(23-12-8-14-39-23)26(29(37)38-3)19(2)31-30(34)40-24/h4-5,8,10-12,14-16,18,27H,6-7,9,13,17H2,1-3H3/t18-,27-/m1/s1. The zero-order valence-electron chi connectivity index (χ0n) is 22.6. The molecule has 1 saturated heterocycles. The van der Waals surface area contributed by atoms with Gasteiger partial charge in [0.25, 0.3) is 5.56 Å². The zero-order chi connectivity index (χ0) is 28.0. The van der Waals surface area contributed by atoms with E-state index >= 15 is 0 Å². The van der Waals surface area contributed by atoms with Crippen LogP contribution in [0.15, 0.2) is 69.0 Å². The fraction of sp³-hybridized carbons (Fsp3) is 0.333. The van der Waals surface area contributed by atoms with Gasteiger partial charge in [0, 0.05) is 40.1 Å². The van der Waals surface area contributed by atoms with E-state index in [4.69, 9.17) is 4.74 Å². The summed E-state index contributed by atoms with van der Waals surface area (Å²) in [6.45, 7) is 4.94. The van der Waals surface area contributed by atoms with Crippen LogP contribution >= 0.6 is 22.7 Å². The summed E-state index contributed by atoms with van der Waals surface area (Å²) in [4.78, 5) is 48.0. The molecule has 6 rings (SSSR count). The molecule has 0 unspecified atom stereocenters. The lowest BCUT2D eigenvalue weighted by Crippen LogP contribution is -2.43. The minimum absolute atomic E-state index is 0.112. The van der Waals surface area contributed by atoms with Gasteiger partial charge >= 0.3 is 5.97 Å². The molecule has 1 aromatic carbocycles. The Labute approximate surface area is 239 Å². The van der Waals surface area contributed by atoms with Crippen LogP contribution in [0.3, 0.4) is 0 Å². The molecular formula is C30H30N4O4S2. The fourth-order valence-electron chi connectivity index (χ4n) is 5.78. The second-order valence-electron chi connectivity index (χ2n) is 10.3. The lowest BCUT2D eigenvalue weighted by molar-refractivity contribution is -0.137. The van der Waals surface area contributed by atoms with E-state index in [1.165, 1.54) is 29.8 Å². The maximum absolute atomic E-state index is 13.9. The molecule has 2 aliphatic heterocycles. The molecule has 4 aromatic rings. The van der Waals surface area contributed by atoms with Crippen molar-refractivity contribution < 1.29 is 14.3 Å². The number of likely N-dealkylation sites (tertiary alicyclic amines) is 1. The van der Waals surface area contributed by atoms with Gasteiger partial charge in [-0.1, -0.05) is 35.6 Å². The molecule has 0 saturated carbocycles. The Hall–Kier alpha value is -3.76. The number of amides is 1. The van der Waals surface area contributed by atoms with Gasteiger partial charge in [-0.25, -0.2) is 9.79 Å². The van der Waals surface area contributed by atoms with E-state index < -0.39 is 12.0 Å². The number of aromatic nitrogens is 2. The number of carbonyl (C=O) groups excluding carboxylic acids is 2. The van der Waals surface area contributed by atoms with Crippen LogP contribution in [0.5, 0.6) is 0 Å². The molecule has 0 spiro atoms. The van der Waals surface area contributed by atoms with Crippen LogP contribution in [0, 0.1) is 0 Å². The molecule has 0 N–H and O–H groups in total. The summed E-state index contributed by atoms with van der Waals surface area (Å²) >= 11 is 2.78. The number of allylic oxidation sites excluding steroid dienone is 1. The topological polar surface area (TPSA) is 85.9 Å². The van der Waals surface area contributed by atoms with Crippen LogP contribution in [-0.4, -0.2) is 45.6 Å². The Kier molecular flexibility index (Phi) is 7.06. The van der Waals surface area contributed by atoms with Gasteiger partial charge in [0.05, 0.1) is 22.9 Å². The Bertz CT molecular complexity index is 1830. The predicted octanol–water partition coefficient (Wildman–Crippen LogP) is 3.83. The quantitative estimate of drug-likeness (QED) is 0.339. The first-order valence-corrected chi connectivity index (χ1v) is 15.1. The average molecular weight is 575 g/mol. The largest absolute Gasteiger partial charge is 0.466 e. The van der Waals surface area contributed by atoms with E-state index in [-0.39, 0.29) is 24.1 Å². The highest BCUT2D eigenvalue weighted by Gasteiger charge is 2.33. The van der Waals surface area contributed by atoms with E-state index in [0.29, 0.717) is 20.6 Å². The van der Waals surface area contributed by atoms with Crippen LogP contribution in [0.2, 0.25) is 0 Å². The Morgan fingerprint density at radius 3 is 2.75 bits per heavy atom. The van der Waals surface area contributed by atoms with Crippen molar-refractivity contribution in [1.29, 1.82) is 0 Å². The lowest BCUT2D eigenvalue weighted by atomic mass is 10.0. The Morgan fingerprint density at radius 1 is 1.18 bits per heavy atom. The monoisotopic (exact) mass is 574 g/mol. The number of thiazole rings is 1. The predicted molar refractivity (Wildman–Crippen MR) is 157 cm³/mol. The smallest absolute Gasteiger partial charge is 0.338 e. The van der Waals surface area contributed by atoms with Gasteiger partial charge < -0.3 is 14.2 Å². The normalized spacial score (nSPS) is 19.6. The zero-order valence-corrected chi connectivity index (χ0v) is 24.3. The molecule has 10 heteroatoms. The van der Waals surface area contributed by atoms with E-state index in [1.807, 2.05) is 63.5 Å². The highest BCUT2D eigenvalue weighted by Crippen LogP contribution is 2.33. The van der Waals surface area contributed by atoms with Gasteiger partial charge in [0.1, 0.15) is 12.6 Å². The van der Waals surface area contributed by atoms with E-state index in [2.05, 4.69) is 11.9 Å². The number of para-hydroxylation sites is 1. The molecule has 3 aromatic heterocycles. The first-order valence-electron chi connectivity index (χ1n) is 13.4. The number of esters is 1. The molecule has 1 fully saturated rings. The Morgan fingerprint density at radius 2 is 2.00 bits per heavy atom. The number of hydrogen-bond donors (Lipinski definition) is 0. The van der Waals surface area contributed by atoms with Crippen LogP contribution < -0.4 is 14.9 Å². The number of piperidine rings is 1. The number of fused-ring (bicyclic) bond motifs is 2. The number of hydrogen-bond acceptors (Lipinski definition) is 7. The first-order chi connectivity index (χ1) is 19.4. The van der Waals surface area contributed by atoms with Crippen molar-refractivity contribution >= 4 is 51.5 Å². The third kappa shape index (κ3) is 4.54. The second kappa shape index (κ2) is 10.7. The van der Waals surface area contributed by atoms with Crippen LogP contribution in [0.4, 0.5) is 0 Å². The fourth-order valence-corrected chi connectivity index (χ4v) is 7.64. The molecule has 40 heavy (non-hydrogen) atoms. The summed E-state index contributed by atoms with van der Waals surface area (Å²) in [5, 5.41) is 2.89. The van der Waals surface area contributed by atoms with Crippen molar-refractivity contribution in [1.82, 2.24) is 14.0 Å². The van der Waals surface area contributed by atoms with E-state index in [1.54, 1.807) is 11.5 Å². The molecule has 5 heterocycles. The van der Waals surface area contributed by atoms with Crippen molar-refractivity contribution in [3.05, 3.63) is 89.4 Å². The SMILES string of the molecule is COC(=O)C1=C(C)N=c2sc(=Cc3cn(CC(=O)N4CCCC[C@H]4C)c4ccccc34)c(=O)n2[C@@H]1c1cccs1. The molecule has 206 valence electrons. The molecule has 8 nitrogen and oxygen atoms in total. The minimum Gasteiger partial charge on any atom is -0.466 e. The molecule has 1 amide bonds. The van der Waals surface area contributed by atoms with Crippen molar-refractivity contribution in [2.24, 2.45) is 4.99 Å². The van der Waals surface area contributed by atoms with E-state index in [0.717, 1.165) is 47.2 Å². The highest BCUT2D eigenvalue weighted by atomic mass is 32.1. The lowest BCUT2D eigenvalue weighted by Gasteiger charge is -2.33. The van der Waals surface area contributed by atoms with E-state index in [9.17, 15) is 14.4 Å². The van der Waals surface area contributed by atoms with Gasteiger partial charge in [0.15, 0.2) is 4.80 Å². The van der Waals surface area contributed by atoms with Crippen molar-refractivity contribution in [2.45, 2.75) is 51.7 Å². The first kappa shape index (κ1) is 26.5. The number of rotatable bonds is 5. The summed E-state index contributed by atoms with van der Waals surface area (Å²) in [6.07, 6.45) is 7.06. The van der Waals surface area contributed by atoms with Crippen molar-refractivity contribution in [3.63, 3.8) is 0 Å². The van der Waals surface area contributed by atoms with Crippen molar-refractivity contribution in [3.8, 4) is 0 Å². The summed E-state index contributed by atoms with van der Waals surface area (Å²) in [5.41, 5.74) is 2.49. The van der Waals surface area contributed by atoms with Gasteiger partial charge in [-0.3, -0.25) is 14.2 Å². The number of carbonyl (C=O) groups is 2. The number of benzene rings is 1. The summed E-state index contributed by atoms with van der Waals surface area (Å²) in [6, 6.07) is 11.4. The van der Waals surface area contributed by atoms with Gasteiger partial charge in [-0.15, -0.1) is 11.3 Å². The number of methoxy groups -OCH3 is 1. The molecule has 0 bridgehead atoms. The number of thiophene rings is 1. The summed E-state index contributed by atoms with van der Waals surface area (Å²) in [7, 11) is 1.34. The van der Waals surface area contributed by atoms with Crippen LogP contribution in [-0.2, 0) is 20.9 Å².